The maximum atomic E-state index is 10.7. The van der Waals surface area contributed by atoms with Crippen LogP contribution in [0.15, 0.2) is 24.3 Å². The minimum Gasteiger partial charge on any atom is -0.478 e. The molecule has 2 atom stereocenters. The van der Waals surface area contributed by atoms with Gasteiger partial charge in [-0.25, -0.2) is 4.79 Å². The summed E-state index contributed by atoms with van der Waals surface area (Å²) < 4.78 is 11.1. The van der Waals surface area contributed by atoms with Crippen LogP contribution in [0.2, 0.25) is 0 Å². The van der Waals surface area contributed by atoms with Gasteiger partial charge < -0.3 is 14.6 Å². The van der Waals surface area contributed by atoms with Crippen LogP contribution < -0.4 is 0 Å². The van der Waals surface area contributed by atoms with Gasteiger partial charge in [-0.15, -0.1) is 0 Å². The van der Waals surface area contributed by atoms with Crippen molar-refractivity contribution >= 4 is 5.97 Å². The summed E-state index contributed by atoms with van der Waals surface area (Å²) in [6.07, 6.45) is 1.05. The zero-order valence-corrected chi connectivity index (χ0v) is 9.76. The number of carboxylic acid groups (broad SMARTS) is 1. The van der Waals surface area contributed by atoms with Gasteiger partial charge in [-0.1, -0.05) is 12.1 Å². The lowest BCUT2D eigenvalue weighted by Gasteiger charge is -2.17. The van der Waals surface area contributed by atoms with Crippen molar-refractivity contribution in [3.05, 3.63) is 35.4 Å². The van der Waals surface area contributed by atoms with Crippen LogP contribution in [0.1, 0.15) is 35.4 Å². The Morgan fingerprint density at radius 1 is 1.47 bits per heavy atom. The number of rotatable bonds is 4. The van der Waals surface area contributed by atoms with Gasteiger partial charge in [-0.3, -0.25) is 0 Å². The number of hydrogen-bond donors (Lipinski definition) is 1. The molecule has 4 nitrogen and oxygen atoms in total. The molecule has 17 heavy (non-hydrogen) atoms. The zero-order valence-electron chi connectivity index (χ0n) is 9.76. The largest absolute Gasteiger partial charge is 0.478 e. The summed E-state index contributed by atoms with van der Waals surface area (Å²) in [5.41, 5.74) is 1.28. The van der Waals surface area contributed by atoms with E-state index in [1.165, 1.54) is 0 Å². The van der Waals surface area contributed by atoms with Gasteiger partial charge in [0.2, 0.25) is 0 Å². The van der Waals surface area contributed by atoms with Crippen LogP contribution in [0.4, 0.5) is 0 Å². The standard InChI is InChI=1S/C13H16O4/c1-9(17-12-6-7-16-8-12)10-2-4-11(5-3-10)13(14)15/h2-5,9,12H,6-8H2,1H3,(H,14,15). The molecule has 0 aliphatic carbocycles. The second-order valence-corrected chi connectivity index (χ2v) is 4.19. The lowest BCUT2D eigenvalue weighted by molar-refractivity contribution is -0.00768. The number of carbonyl (C=O) groups is 1. The van der Waals surface area contributed by atoms with Crippen molar-refractivity contribution in [2.24, 2.45) is 0 Å². The van der Waals surface area contributed by atoms with E-state index < -0.39 is 5.97 Å². The Morgan fingerprint density at radius 2 is 2.18 bits per heavy atom. The summed E-state index contributed by atoms with van der Waals surface area (Å²) in [5, 5.41) is 8.80. The molecule has 2 rings (SSSR count). The number of carboxylic acids is 1. The summed E-state index contributed by atoms with van der Waals surface area (Å²) in [6.45, 7) is 3.38. The third kappa shape index (κ3) is 3.05. The second-order valence-electron chi connectivity index (χ2n) is 4.19. The SMILES string of the molecule is CC(OC1CCOC1)c1ccc(C(=O)O)cc1. The molecule has 1 saturated heterocycles. The first-order chi connectivity index (χ1) is 8.16. The number of aromatic carboxylic acids is 1. The topological polar surface area (TPSA) is 55.8 Å². The lowest BCUT2D eigenvalue weighted by Crippen LogP contribution is -2.15. The molecule has 1 aromatic carbocycles. The first-order valence-electron chi connectivity index (χ1n) is 5.73. The van der Waals surface area contributed by atoms with Gasteiger partial charge in [0.25, 0.3) is 0 Å². The quantitative estimate of drug-likeness (QED) is 0.871. The summed E-state index contributed by atoms with van der Waals surface area (Å²) in [6, 6.07) is 6.79. The summed E-state index contributed by atoms with van der Waals surface area (Å²) in [4.78, 5) is 10.7. The average Bonchev–Trinajstić information content (AvgIpc) is 2.82. The Hall–Kier alpha value is -1.39. The van der Waals surface area contributed by atoms with E-state index in [4.69, 9.17) is 14.6 Å². The highest BCUT2D eigenvalue weighted by molar-refractivity contribution is 5.87. The summed E-state index contributed by atoms with van der Waals surface area (Å²) in [7, 11) is 0. The molecule has 2 unspecified atom stereocenters. The molecular formula is C13H16O4. The molecule has 1 N–H and O–H groups in total. The Kier molecular flexibility index (Phi) is 3.76. The fraction of sp³-hybridized carbons (Fsp3) is 0.462. The molecule has 92 valence electrons. The van der Waals surface area contributed by atoms with Gasteiger partial charge in [0.05, 0.1) is 24.4 Å². The highest BCUT2D eigenvalue weighted by Gasteiger charge is 2.19. The van der Waals surface area contributed by atoms with E-state index in [0.29, 0.717) is 12.2 Å². The van der Waals surface area contributed by atoms with Gasteiger partial charge in [0.1, 0.15) is 0 Å². The fourth-order valence-corrected chi connectivity index (χ4v) is 1.88. The average molecular weight is 236 g/mol. The molecule has 0 amide bonds. The molecule has 0 radical (unpaired) electrons. The van der Waals surface area contributed by atoms with Crippen molar-refractivity contribution in [3.63, 3.8) is 0 Å². The van der Waals surface area contributed by atoms with Gasteiger partial charge in [0.15, 0.2) is 0 Å². The molecule has 0 spiro atoms. The third-order valence-electron chi connectivity index (χ3n) is 2.91. The van der Waals surface area contributed by atoms with Gasteiger partial charge in [-0.2, -0.15) is 0 Å². The van der Waals surface area contributed by atoms with Crippen molar-refractivity contribution in [1.82, 2.24) is 0 Å². The fourth-order valence-electron chi connectivity index (χ4n) is 1.88. The molecule has 4 heteroatoms. The summed E-state index contributed by atoms with van der Waals surface area (Å²) >= 11 is 0. The van der Waals surface area contributed by atoms with E-state index >= 15 is 0 Å². The number of hydrogen-bond acceptors (Lipinski definition) is 3. The van der Waals surface area contributed by atoms with E-state index in [1.54, 1.807) is 24.3 Å². The van der Waals surface area contributed by atoms with Crippen LogP contribution >= 0.6 is 0 Å². The minimum absolute atomic E-state index is 0.0375. The summed E-state index contributed by atoms with van der Waals surface area (Å²) in [5.74, 6) is -0.908. The zero-order chi connectivity index (χ0) is 12.3. The van der Waals surface area contributed by atoms with Crippen molar-refractivity contribution in [1.29, 1.82) is 0 Å². The van der Waals surface area contributed by atoms with Gasteiger partial charge in [-0.05, 0) is 31.0 Å². The van der Waals surface area contributed by atoms with E-state index in [9.17, 15) is 4.79 Å². The van der Waals surface area contributed by atoms with Crippen molar-refractivity contribution < 1.29 is 19.4 Å². The Balaban J connectivity index is 1.98. The van der Waals surface area contributed by atoms with Crippen LogP contribution in [-0.4, -0.2) is 30.4 Å². The molecular weight excluding hydrogens is 220 g/mol. The monoisotopic (exact) mass is 236 g/mol. The van der Waals surface area contributed by atoms with E-state index in [-0.39, 0.29) is 12.2 Å². The molecule has 0 saturated carbocycles. The van der Waals surface area contributed by atoms with E-state index in [1.807, 2.05) is 6.92 Å². The molecule has 1 aliphatic rings. The highest BCUT2D eigenvalue weighted by atomic mass is 16.5. The van der Waals surface area contributed by atoms with Crippen LogP contribution in [0, 0.1) is 0 Å². The van der Waals surface area contributed by atoms with Crippen molar-refractivity contribution in [3.8, 4) is 0 Å². The predicted molar refractivity (Wildman–Crippen MR) is 62.1 cm³/mol. The van der Waals surface area contributed by atoms with Crippen LogP contribution in [0.5, 0.6) is 0 Å². The molecule has 1 fully saturated rings. The molecule has 1 aromatic rings. The van der Waals surface area contributed by atoms with E-state index in [0.717, 1.165) is 18.6 Å². The van der Waals surface area contributed by atoms with Crippen molar-refractivity contribution in [2.75, 3.05) is 13.2 Å². The third-order valence-corrected chi connectivity index (χ3v) is 2.91. The second kappa shape index (κ2) is 5.29. The molecule has 1 heterocycles. The maximum Gasteiger partial charge on any atom is 0.335 e. The molecule has 1 aliphatic heterocycles. The smallest absolute Gasteiger partial charge is 0.335 e. The maximum absolute atomic E-state index is 10.7. The van der Waals surface area contributed by atoms with E-state index in [2.05, 4.69) is 0 Å². The Morgan fingerprint density at radius 3 is 2.71 bits per heavy atom. The number of benzene rings is 1. The van der Waals surface area contributed by atoms with Crippen molar-refractivity contribution in [2.45, 2.75) is 25.6 Å². The Bertz CT molecular complexity index is 379. The lowest BCUT2D eigenvalue weighted by atomic mass is 10.1. The minimum atomic E-state index is -0.908. The van der Waals surface area contributed by atoms with Gasteiger partial charge in [0, 0.05) is 6.61 Å². The molecule has 0 aromatic heterocycles. The highest BCUT2D eigenvalue weighted by Crippen LogP contribution is 2.22. The van der Waals surface area contributed by atoms with Crippen LogP contribution in [0.25, 0.3) is 0 Å². The normalized spacial score (nSPS) is 21.4. The predicted octanol–water partition coefficient (Wildman–Crippen LogP) is 2.25. The first kappa shape index (κ1) is 12.1. The number of ether oxygens (including phenoxy) is 2. The first-order valence-corrected chi connectivity index (χ1v) is 5.73. The van der Waals surface area contributed by atoms with Crippen LogP contribution in [0.3, 0.4) is 0 Å². The van der Waals surface area contributed by atoms with Crippen LogP contribution in [-0.2, 0) is 9.47 Å². The Labute approximate surface area is 100 Å². The van der Waals surface area contributed by atoms with Gasteiger partial charge >= 0.3 is 5.97 Å². The molecule has 0 bridgehead atoms.